The van der Waals surface area contributed by atoms with Crippen LogP contribution in [0.4, 0.5) is 33.3 Å². The van der Waals surface area contributed by atoms with Crippen molar-refractivity contribution < 1.29 is 36.6 Å². The summed E-state index contributed by atoms with van der Waals surface area (Å²) in [7, 11) is 0. The van der Waals surface area contributed by atoms with Crippen molar-refractivity contribution in [2.75, 3.05) is 36.4 Å². The van der Waals surface area contributed by atoms with Crippen LogP contribution in [0.15, 0.2) is 30.3 Å². The Hall–Kier alpha value is -2.96. The number of hydrogen-bond acceptors (Lipinski definition) is 5. The van der Waals surface area contributed by atoms with E-state index in [0.717, 1.165) is 6.07 Å². The van der Waals surface area contributed by atoms with Crippen molar-refractivity contribution in [2.24, 2.45) is 0 Å². The fraction of sp³-hybridized carbons (Fsp3) is 0.481. The highest BCUT2D eigenvalue weighted by Gasteiger charge is 2.31. The van der Waals surface area contributed by atoms with Crippen LogP contribution < -0.4 is 15.5 Å². The molecule has 2 amide bonds. The van der Waals surface area contributed by atoms with E-state index in [9.17, 15) is 36.6 Å². The first-order valence-corrected chi connectivity index (χ1v) is 13.0. The molecule has 1 aliphatic heterocycles. The molecule has 220 valence electrons. The number of nitrogens with one attached hydrogen (secondary N) is 2. The molecule has 13 heteroatoms. The molecule has 7 nitrogen and oxygen atoms in total. The molecule has 2 aromatic carbocycles. The van der Waals surface area contributed by atoms with Gasteiger partial charge in [0, 0.05) is 49.4 Å². The molecule has 0 aromatic heterocycles. The maximum atomic E-state index is 14.9. The highest BCUT2D eigenvalue weighted by atomic mass is 35.5. The third-order valence-electron chi connectivity index (χ3n) is 6.42. The Morgan fingerprint density at radius 1 is 1.10 bits per heavy atom. The first kappa shape index (κ1) is 31.6. The SMILES string of the molecule is C[C@@H]1CN(CCC(F)(F)F)CCN1c1cc(Cl)ccc1NC(=O)c1ccc(CNC(=O)CC(C)(C)O)c(F)c1F. The molecule has 0 radical (unpaired) electrons. The van der Waals surface area contributed by atoms with Gasteiger partial charge in [-0.05, 0) is 45.0 Å². The maximum Gasteiger partial charge on any atom is 0.390 e. The van der Waals surface area contributed by atoms with Crippen LogP contribution >= 0.6 is 11.6 Å². The number of piperazine rings is 1. The zero-order valence-corrected chi connectivity index (χ0v) is 23.1. The molecule has 0 bridgehead atoms. The van der Waals surface area contributed by atoms with E-state index in [4.69, 9.17) is 11.6 Å². The lowest BCUT2D eigenvalue weighted by molar-refractivity contribution is -0.138. The van der Waals surface area contributed by atoms with E-state index in [0.29, 0.717) is 30.3 Å². The molecule has 1 heterocycles. The number of hydrogen-bond donors (Lipinski definition) is 3. The number of nitrogens with zero attached hydrogens (tertiary/aromatic N) is 2. The molecule has 0 saturated carbocycles. The van der Waals surface area contributed by atoms with Crippen LogP contribution in [-0.4, -0.2) is 65.8 Å². The Morgan fingerprint density at radius 3 is 2.42 bits per heavy atom. The van der Waals surface area contributed by atoms with Gasteiger partial charge >= 0.3 is 6.18 Å². The molecular weight excluding hydrogens is 559 g/mol. The van der Waals surface area contributed by atoms with Gasteiger partial charge in [0.2, 0.25) is 5.91 Å². The van der Waals surface area contributed by atoms with E-state index in [1.54, 1.807) is 11.0 Å². The van der Waals surface area contributed by atoms with Crippen LogP contribution in [0.5, 0.6) is 0 Å². The van der Waals surface area contributed by atoms with Crippen LogP contribution in [0, 0.1) is 11.6 Å². The van der Waals surface area contributed by atoms with Crippen molar-refractivity contribution in [1.29, 1.82) is 0 Å². The second-order valence-electron chi connectivity index (χ2n) is 10.5. The number of carbonyl (C=O) groups excluding carboxylic acids is 2. The lowest BCUT2D eigenvalue weighted by atomic mass is 10.0. The molecule has 3 rings (SSSR count). The van der Waals surface area contributed by atoms with Gasteiger partial charge < -0.3 is 20.6 Å². The molecule has 1 saturated heterocycles. The third-order valence-corrected chi connectivity index (χ3v) is 6.65. The van der Waals surface area contributed by atoms with Gasteiger partial charge in [0.1, 0.15) is 0 Å². The topological polar surface area (TPSA) is 84.9 Å². The average molecular weight is 591 g/mol. The van der Waals surface area contributed by atoms with Crippen molar-refractivity contribution in [3.63, 3.8) is 0 Å². The molecule has 3 N–H and O–H groups in total. The lowest BCUT2D eigenvalue weighted by Gasteiger charge is -2.42. The summed E-state index contributed by atoms with van der Waals surface area (Å²) in [6.45, 7) is 5.31. The first-order chi connectivity index (χ1) is 18.5. The van der Waals surface area contributed by atoms with Crippen LogP contribution in [0.2, 0.25) is 5.02 Å². The second kappa shape index (κ2) is 12.7. The summed E-state index contributed by atoms with van der Waals surface area (Å²) in [5, 5.41) is 15.0. The van der Waals surface area contributed by atoms with E-state index >= 15 is 0 Å². The van der Waals surface area contributed by atoms with E-state index in [1.807, 2.05) is 11.8 Å². The highest BCUT2D eigenvalue weighted by Crippen LogP contribution is 2.33. The predicted molar refractivity (Wildman–Crippen MR) is 142 cm³/mol. The van der Waals surface area contributed by atoms with E-state index in [1.165, 1.54) is 32.0 Å². The number of carbonyl (C=O) groups is 2. The fourth-order valence-corrected chi connectivity index (χ4v) is 4.63. The lowest BCUT2D eigenvalue weighted by Crippen LogP contribution is -2.52. The summed E-state index contributed by atoms with van der Waals surface area (Å²) < 4.78 is 67.5. The summed E-state index contributed by atoms with van der Waals surface area (Å²) in [5.74, 6) is -4.17. The van der Waals surface area contributed by atoms with Gasteiger partial charge in [0.05, 0.1) is 35.4 Å². The molecule has 0 spiro atoms. The number of anilines is 2. The number of alkyl halides is 3. The Bertz CT molecular complexity index is 1240. The summed E-state index contributed by atoms with van der Waals surface area (Å²) in [6, 6.07) is 6.68. The zero-order valence-electron chi connectivity index (χ0n) is 22.3. The quantitative estimate of drug-likeness (QED) is 0.354. The van der Waals surface area contributed by atoms with Gasteiger partial charge in [-0.25, -0.2) is 8.78 Å². The van der Waals surface area contributed by atoms with Crippen LogP contribution in [0.3, 0.4) is 0 Å². The maximum absolute atomic E-state index is 14.9. The molecule has 1 aliphatic rings. The summed E-state index contributed by atoms with van der Waals surface area (Å²) >= 11 is 6.19. The van der Waals surface area contributed by atoms with E-state index in [2.05, 4.69) is 10.6 Å². The molecule has 40 heavy (non-hydrogen) atoms. The van der Waals surface area contributed by atoms with E-state index < -0.39 is 47.2 Å². The average Bonchev–Trinajstić information content (AvgIpc) is 2.83. The summed E-state index contributed by atoms with van der Waals surface area (Å²) in [5.41, 5.74) is -1.24. The molecular formula is C27H32ClF5N4O3. The molecule has 1 atom stereocenters. The van der Waals surface area contributed by atoms with Crippen LogP contribution in [-0.2, 0) is 11.3 Å². The number of amides is 2. The third kappa shape index (κ3) is 8.77. The largest absolute Gasteiger partial charge is 0.390 e. The van der Waals surface area contributed by atoms with Crippen molar-refractivity contribution >= 4 is 34.8 Å². The summed E-state index contributed by atoms with van der Waals surface area (Å²) in [6.07, 6.45) is -5.39. The van der Waals surface area contributed by atoms with Gasteiger partial charge in [-0.2, -0.15) is 13.2 Å². The van der Waals surface area contributed by atoms with Gasteiger partial charge in [-0.3, -0.25) is 14.5 Å². The summed E-state index contributed by atoms with van der Waals surface area (Å²) in [4.78, 5) is 28.5. The number of halogens is 6. The second-order valence-corrected chi connectivity index (χ2v) is 10.9. The number of aliphatic hydroxyl groups is 1. The van der Waals surface area contributed by atoms with E-state index in [-0.39, 0.29) is 36.8 Å². The van der Waals surface area contributed by atoms with Crippen LogP contribution in [0.25, 0.3) is 0 Å². The normalized spacial score (nSPS) is 16.6. The van der Waals surface area contributed by atoms with Gasteiger partial charge in [0.15, 0.2) is 11.6 Å². The monoisotopic (exact) mass is 590 g/mol. The van der Waals surface area contributed by atoms with Crippen molar-refractivity contribution in [3.8, 4) is 0 Å². The molecule has 0 aliphatic carbocycles. The minimum atomic E-state index is -4.25. The van der Waals surface area contributed by atoms with Gasteiger partial charge in [-0.15, -0.1) is 0 Å². The predicted octanol–water partition coefficient (Wildman–Crippen LogP) is 5.11. The van der Waals surface area contributed by atoms with Crippen molar-refractivity contribution in [2.45, 2.75) is 58.0 Å². The highest BCUT2D eigenvalue weighted by molar-refractivity contribution is 6.31. The van der Waals surface area contributed by atoms with Gasteiger partial charge in [0.25, 0.3) is 5.91 Å². The van der Waals surface area contributed by atoms with Crippen molar-refractivity contribution in [1.82, 2.24) is 10.2 Å². The Balaban J connectivity index is 1.73. The number of rotatable bonds is 9. The molecule has 0 unspecified atom stereocenters. The van der Waals surface area contributed by atoms with Crippen LogP contribution in [0.1, 0.15) is 49.5 Å². The molecule has 1 fully saturated rings. The number of benzene rings is 2. The first-order valence-electron chi connectivity index (χ1n) is 12.7. The zero-order chi connectivity index (χ0) is 29.8. The smallest absolute Gasteiger partial charge is 0.390 e. The Kier molecular flexibility index (Phi) is 10.0. The molecule has 2 aromatic rings. The standard InChI is InChI=1S/C27H32ClF5N4O3/c1-16-15-36(9-8-27(31,32)33)10-11-37(16)21-12-18(28)5-7-20(21)35-25(39)19-6-4-17(23(29)24(19)30)14-34-22(38)13-26(2,3)40/h4-7,12,16,40H,8-11,13-15H2,1-3H3,(H,34,38)(H,35,39)/t16-/m1/s1. The Morgan fingerprint density at radius 2 is 1.80 bits per heavy atom. The van der Waals surface area contributed by atoms with Gasteiger partial charge in [-0.1, -0.05) is 17.7 Å². The fourth-order valence-electron chi connectivity index (χ4n) is 4.47. The minimum Gasteiger partial charge on any atom is -0.390 e. The van der Waals surface area contributed by atoms with Crippen molar-refractivity contribution in [3.05, 3.63) is 58.1 Å². The minimum absolute atomic E-state index is 0.120. The Labute approximate surface area is 234 Å².